The van der Waals surface area contributed by atoms with E-state index >= 15 is 0 Å². The first-order valence-electron chi connectivity index (χ1n) is 6.95. The first-order chi connectivity index (χ1) is 9.81. The largest absolute Gasteiger partial charge is 0.490 e. The van der Waals surface area contributed by atoms with Gasteiger partial charge in [0.05, 0.1) is 0 Å². The van der Waals surface area contributed by atoms with Crippen molar-refractivity contribution in [3.8, 4) is 11.5 Å². The monoisotopic (exact) mass is 271 g/mol. The number of rotatable bonds is 7. The van der Waals surface area contributed by atoms with Gasteiger partial charge in [0.25, 0.3) is 0 Å². The van der Waals surface area contributed by atoms with Crippen molar-refractivity contribution in [2.45, 2.75) is 19.9 Å². The zero-order chi connectivity index (χ0) is 14.2. The molecule has 0 aliphatic carbocycles. The molecule has 0 aliphatic heterocycles. The maximum atomic E-state index is 5.63. The third-order valence-corrected chi connectivity index (χ3v) is 3.09. The van der Waals surface area contributed by atoms with Crippen molar-refractivity contribution in [2.75, 3.05) is 13.2 Å². The van der Waals surface area contributed by atoms with Crippen molar-refractivity contribution < 1.29 is 9.47 Å². The molecule has 106 valence electrons. The summed E-state index contributed by atoms with van der Waals surface area (Å²) in [5.41, 5.74) is 7.97. The van der Waals surface area contributed by atoms with E-state index in [1.165, 1.54) is 5.56 Å². The molecule has 2 N–H and O–H groups in total. The maximum Gasteiger partial charge on any atom is 0.122 e. The summed E-state index contributed by atoms with van der Waals surface area (Å²) >= 11 is 0. The summed E-state index contributed by atoms with van der Waals surface area (Å²) in [6.07, 6.45) is 1.04. The number of hydrogen-bond acceptors (Lipinski definition) is 3. The zero-order valence-corrected chi connectivity index (χ0v) is 11.8. The van der Waals surface area contributed by atoms with Gasteiger partial charge in [0.1, 0.15) is 24.7 Å². The molecule has 0 aliphatic rings. The lowest BCUT2D eigenvalue weighted by molar-refractivity contribution is 0.217. The molecule has 0 heterocycles. The van der Waals surface area contributed by atoms with Gasteiger partial charge in [-0.3, -0.25) is 0 Å². The minimum Gasteiger partial charge on any atom is -0.490 e. The standard InChI is InChI=1S/C17H21NO2/c1-2-14-6-8-16(9-7-14)19-10-11-20-17-5-3-4-15(12-17)13-18/h3-9,12H,2,10-11,13,18H2,1H3. The van der Waals surface area contributed by atoms with Gasteiger partial charge < -0.3 is 15.2 Å². The highest BCUT2D eigenvalue weighted by Crippen LogP contribution is 2.14. The second kappa shape index (κ2) is 7.56. The SMILES string of the molecule is CCc1ccc(OCCOc2cccc(CN)c2)cc1. The summed E-state index contributed by atoms with van der Waals surface area (Å²) in [7, 11) is 0. The van der Waals surface area contributed by atoms with Crippen molar-refractivity contribution in [3.05, 3.63) is 59.7 Å². The molecule has 0 saturated heterocycles. The number of benzene rings is 2. The topological polar surface area (TPSA) is 44.5 Å². The first-order valence-corrected chi connectivity index (χ1v) is 6.95. The van der Waals surface area contributed by atoms with E-state index in [1.807, 2.05) is 36.4 Å². The fraction of sp³-hybridized carbons (Fsp3) is 0.294. The fourth-order valence-corrected chi connectivity index (χ4v) is 1.90. The molecule has 0 amide bonds. The van der Waals surface area contributed by atoms with E-state index < -0.39 is 0 Å². The Kier molecular flexibility index (Phi) is 5.44. The lowest BCUT2D eigenvalue weighted by Crippen LogP contribution is -2.09. The molecule has 0 spiro atoms. The van der Waals surface area contributed by atoms with Crippen LogP contribution in [0.1, 0.15) is 18.1 Å². The molecule has 20 heavy (non-hydrogen) atoms. The fourth-order valence-electron chi connectivity index (χ4n) is 1.90. The Morgan fingerprint density at radius 2 is 1.55 bits per heavy atom. The molecule has 0 unspecified atom stereocenters. The van der Waals surface area contributed by atoms with Crippen LogP contribution < -0.4 is 15.2 Å². The third kappa shape index (κ3) is 4.28. The zero-order valence-electron chi connectivity index (χ0n) is 11.8. The number of ether oxygens (including phenoxy) is 2. The summed E-state index contributed by atoms with van der Waals surface area (Å²) in [4.78, 5) is 0. The Labute approximate surface area is 120 Å². The molecule has 2 aromatic carbocycles. The van der Waals surface area contributed by atoms with Gasteiger partial charge in [0, 0.05) is 6.54 Å². The second-order valence-corrected chi connectivity index (χ2v) is 4.55. The molecular weight excluding hydrogens is 250 g/mol. The summed E-state index contributed by atoms with van der Waals surface area (Å²) < 4.78 is 11.3. The summed E-state index contributed by atoms with van der Waals surface area (Å²) in [5.74, 6) is 1.71. The van der Waals surface area contributed by atoms with Gasteiger partial charge in [-0.2, -0.15) is 0 Å². The van der Waals surface area contributed by atoms with Gasteiger partial charge in [0.15, 0.2) is 0 Å². The molecule has 2 rings (SSSR count). The normalized spacial score (nSPS) is 10.3. The van der Waals surface area contributed by atoms with Crippen molar-refractivity contribution in [1.29, 1.82) is 0 Å². The van der Waals surface area contributed by atoms with E-state index in [0.29, 0.717) is 19.8 Å². The smallest absolute Gasteiger partial charge is 0.122 e. The van der Waals surface area contributed by atoms with Gasteiger partial charge in [-0.05, 0) is 41.8 Å². The highest BCUT2D eigenvalue weighted by molar-refractivity contribution is 5.28. The number of hydrogen-bond donors (Lipinski definition) is 1. The summed E-state index contributed by atoms with van der Waals surface area (Å²) in [6.45, 7) is 3.71. The van der Waals surface area contributed by atoms with Crippen LogP contribution >= 0.6 is 0 Å². The average Bonchev–Trinajstić information content (AvgIpc) is 2.52. The summed E-state index contributed by atoms with van der Waals surface area (Å²) in [5, 5.41) is 0. The Hall–Kier alpha value is -2.00. The van der Waals surface area contributed by atoms with Crippen molar-refractivity contribution in [1.82, 2.24) is 0 Å². The molecule has 0 radical (unpaired) electrons. The van der Waals surface area contributed by atoms with Gasteiger partial charge in [0.2, 0.25) is 0 Å². The van der Waals surface area contributed by atoms with E-state index in [4.69, 9.17) is 15.2 Å². The van der Waals surface area contributed by atoms with E-state index in [9.17, 15) is 0 Å². The Morgan fingerprint density at radius 3 is 2.20 bits per heavy atom. The van der Waals surface area contributed by atoms with Gasteiger partial charge in [-0.25, -0.2) is 0 Å². The van der Waals surface area contributed by atoms with E-state index in [0.717, 1.165) is 23.5 Å². The Morgan fingerprint density at radius 1 is 0.850 bits per heavy atom. The van der Waals surface area contributed by atoms with Crippen LogP contribution in [0.5, 0.6) is 11.5 Å². The molecule has 0 atom stereocenters. The predicted molar refractivity (Wildman–Crippen MR) is 81.1 cm³/mol. The highest BCUT2D eigenvalue weighted by atomic mass is 16.5. The Balaban J connectivity index is 1.75. The van der Waals surface area contributed by atoms with Crippen molar-refractivity contribution >= 4 is 0 Å². The molecule has 3 nitrogen and oxygen atoms in total. The van der Waals surface area contributed by atoms with Crippen LogP contribution in [0, 0.1) is 0 Å². The van der Waals surface area contributed by atoms with Crippen LogP contribution in [0.15, 0.2) is 48.5 Å². The molecule has 0 aromatic heterocycles. The predicted octanol–water partition coefficient (Wildman–Crippen LogP) is 3.17. The van der Waals surface area contributed by atoms with Crippen LogP contribution in [-0.2, 0) is 13.0 Å². The third-order valence-electron chi connectivity index (χ3n) is 3.09. The minimum atomic E-state index is 0.517. The molecular formula is C17H21NO2. The quantitative estimate of drug-likeness (QED) is 0.787. The second-order valence-electron chi connectivity index (χ2n) is 4.55. The minimum absolute atomic E-state index is 0.517. The first kappa shape index (κ1) is 14.4. The highest BCUT2D eigenvalue weighted by Gasteiger charge is 1.97. The van der Waals surface area contributed by atoms with Gasteiger partial charge in [-0.1, -0.05) is 31.2 Å². The number of aryl methyl sites for hydroxylation is 1. The molecule has 0 bridgehead atoms. The van der Waals surface area contributed by atoms with Crippen molar-refractivity contribution in [3.63, 3.8) is 0 Å². The summed E-state index contributed by atoms with van der Waals surface area (Å²) in [6, 6.07) is 16.0. The molecule has 0 fully saturated rings. The van der Waals surface area contributed by atoms with Crippen LogP contribution in [0.3, 0.4) is 0 Å². The average molecular weight is 271 g/mol. The van der Waals surface area contributed by atoms with Crippen LogP contribution in [0.2, 0.25) is 0 Å². The van der Waals surface area contributed by atoms with Gasteiger partial charge in [-0.15, -0.1) is 0 Å². The van der Waals surface area contributed by atoms with Crippen LogP contribution in [0.25, 0.3) is 0 Å². The van der Waals surface area contributed by atoms with Gasteiger partial charge >= 0.3 is 0 Å². The Bertz CT molecular complexity index is 523. The van der Waals surface area contributed by atoms with Crippen LogP contribution in [0.4, 0.5) is 0 Å². The van der Waals surface area contributed by atoms with E-state index in [-0.39, 0.29) is 0 Å². The molecule has 3 heteroatoms. The van der Waals surface area contributed by atoms with Crippen LogP contribution in [-0.4, -0.2) is 13.2 Å². The van der Waals surface area contributed by atoms with E-state index in [2.05, 4.69) is 19.1 Å². The number of nitrogens with two attached hydrogens (primary N) is 1. The molecule has 2 aromatic rings. The lowest BCUT2D eigenvalue weighted by Gasteiger charge is -2.09. The lowest BCUT2D eigenvalue weighted by atomic mass is 10.2. The maximum absolute atomic E-state index is 5.63. The van der Waals surface area contributed by atoms with E-state index in [1.54, 1.807) is 0 Å². The van der Waals surface area contributed by atoms with Crippen molar-refractivity contribution in [2.24, 2.45) is 5.73 Å². The molecule has 0 saturated carbocycles.